The van der Waals surface area contributed by atoms with Crippen LogP contribution in [0.25, 0.3) is 0 Å². The molecule has 0 radical (unpaired) electrons. The molecule has 1 amide bonds. The third-order valence-corrected chi connectivity index (χ3v) is 3.84. The van der Waals surface area contributed by atoms with E-state index < -0.39 is 23.3 Å². The molecule has 0 aliphatic carbocycles. The molecule has 2 aromatic rings. The Bertz CT molecular complexity index is 965. The Kier molecular flexibility index (Phi) is 5.40. The maximum Gasteiger partial charge on any atom is 0.418 e. The molecule has 0 saturated heterocycles. The Morgan fingerprint density at radius 1 is 1.18 bits per heavy atom. The molecule has 1 heterocycles. The van der Waals surface area contributed by atoms with E-state index >= 15 is 0 Å². The van der Waals surface area contributed by atoms with Crippen LogP contribution >= 0.6 is 0 Å². The predicted molar refractivity (Wildman–Crippen MR) is 93.2 cm³/mol. The molecule has 0 spiro atoms. The maximum absolute atomic E-state index is 13.0. The number of benzene rings is 2. The fourth-order valence-electron chi connectivity index (χ4n) is 2.50. The Labute approximate surface area is 158 Å². The van der Waals surface area contributed by atoms with Crippen molar-refractivity contribution < 1.29 is 27.4 Å². The summed E-state index contributed by atoms with van der Waals surface area (Å²) < 4.78 is 49.5. The molecule has 3 rings (SSSR count). The van der Waals surface area contributed by atoms with E-state index in [-0.39, 0.29) is 18.9 Å². The number of carbonyl (C=O) groups excluding carboxylic acids is 1. The van der Waals surface area contributed by atoms with E-state index in [4.69, 9.17) is 14.7 Å². The number of anilines is 1. The number of hydrogen-bond donors (Lipinski definition) is 2. The molecular formula is C19H14F3N3O3. The van der Waals surface area contributed by atoms with Gasteiger partial charge in [-0.15, -0.1) is 0 Å². The highest BCUT2D eigenvalue weighted by Crippen LogP contribution is 2.35. The Hall–Kier alpha value is -3.67. The summed E-state index contributed by atoms with van der Waals surface area (Å²) in [5.41, 5.74) is -0.968. The number of nitrogens with zero attached hydrogens (tertiary/aromatic N) is 1. The molecule has 1 aliphatic heterocycles. The minimum absolute atomic E-state index is 0.143. The Balaban J connectivity index is 1.66. The van der Waals surface area contributed by atoms with E-state index in [0.717, 1.165) is 23.9 Å². The summed E-state index contributed by atoms with van der Waals surface area (Å²) in [5, 5.41) is 14.1. The van der Waals surface area contributed by atoms with Crippen LogP contribution in [-0.2, 0) is 17.5 Å². The summed E-state index contributed by atoms with van der Waals surface area (Å²) in [6.07, 6.45) is -3.48. The number of alkyl halides is 3. The van der Waals surface area contributed by atoms with Crippen LogP contribution < -0.4 is 20.1 Å². The molecule has 2 N–H and O–H groups in total. The zero-order valence-corrected chi connectivity index (χ0v) is 14.3. The minimum atomic E-state index is -4.63. The predicted octanol–water partition coefficient (Wildman–Crippen LogP) is 3.57. The summed E-state index contributed by atoms with van der Waals surface area (Å²) in [7, 11) is 0. The van der Waals surface area contributed by atoms with Crippen LogP contribution in [0.3, 0.4) is 0 Å². The second-order valence-corrected chi connectivity index (χ2v) is 5.74. The lowest BCUT2D eigenvalue weighted by atomic mass is 10.1. The quantitative estimate of drug-likeness (QED) is 0.603. The summed E-state index contributed by atoms with van der Waals surface area (Å²) in [5.74, 6) is 0.266. The SMILES string of the molecule is N#C/C(=C/NCc1ccc2c(c1)OCO2)C(=O)Nc1ccccc1C(F)(F)F. The van der Waals surface area contributed by atoms with Crippen molar-refractivity contribution in [2.45, 2.75) is 12.7 Å². The van der Waals surface area contributed by atoms with Crippen molar-refractivity contribution in [1.29, 1.82) is 5.26 Å². The fraction of sp³-hybridized carbons (Fsp3) is 0.158. The number of rotatable bonds is 5. The third-order valence-electron chi connectivity index (χ3n) is 3.84. The van der Waals surface area contributed by atoms with Crippen molar-refractivity contribution in [2.24, 2.45) is 0 Å². The highest BCUT2D eigenvalue weighted by molar-refractivity contribution is 6.06. The van der Waals surface area contributed by atoms with Gasteiger partial charge in [-0.25, -0.2) is 0 Å². The molecule has 28 heavy (non-hydrogen) atoms. The topological polar surface area (TPSA) is 83.4 Å². The van der Waals surface area contributed by atoms with Crippen LogP contribution in [0.5, 0.6) is 11.5 Å². The molecule has 0 saturated carbocycles. The van der Waals surface area contributed by atoms with E-state index in [1.165, 1.54) is 12.1 Å². The molecule has 0 atom stereocenters. The summed E-state index contributed by atoms with van der Waals surface area (Å²) in [6, 6.07) is 11.5. The average molecular weight is 389 g/mol. The van der Waals surface area contributed by atoms with E-state index in [9.17, 15) is 18.0 Å². The normalized spacial score (nSPS) is 13.0. The molecule has 0 unspecified atom stereocenters. The molecule has 2 aromatic carbocycles. The molecule has 0 aromatic heterocycles. The van der Waals surface area contributed by atoms with E-state index in [2.05, 4.69) is 10.6 Å². The number of fused-ring (bicyclic) bond motifs is 1. The number of nitrogens with one attached hydrogen (secondary N) is 2. The van der Waals surface area contributed by atoms with Gasteiger partial charge in [0.15, 0.2) is 11.5 Å². The molecule has 9 heteroatoms. The van der Waals surface area contributed by atoms with Crippen molar-refractivity contribution in [3.8, 4) is 17.6 Å². The van der Waals surface area contributed by atoms with Crippen molar-refractivity contribution in [3.05, 3.63) is 65.4 Å². The number of para-hydroxylation sites is 1. The van der Waals surface area contributed by atoms with Gasteiger partial charge in [-0.1, -0.05) is 18.2 Å². The second-order valence-electron chi connectivity index (χ2n) is 5.74. The van der Waals surface area contributed by atoms with Gasteiger partial charge in [-0.05, 0) is 29.8 Å². The van der Waals surface area contributed by atoms with Crippen LogP contribution in [0.1, 0.15) is 11.1 Å². The van der Waals surface area contributed by atoms with Crippen LogP contribution in [0.2, 0.25) is 0 Å². The highest BCUT2D eigenvalue weighted by atomic mass is 19.4. The van der Waals surface area contributed by atoms with E-state index in [0.29, 0.717) is 11.5 Å². The van der Waals surface area contributed by atoms with Gasteiger partial charge in [0.05, 0.1) is 11.3 Å². The first-order valence-corrected chi connectivity index (χ1v) is 8.08. The smallest absolute Gasteiger partial charge is 0.418 e. The zero-order valence-electron chi connectivity index (χ0n) is 14.3. The lowest BCUT2D eigenvalue weighted by Crippen LogP contribution is -2.19. The summed E-state index contributed by atoms with van der Waals surface area (Å²) in [6.45, 7) is 0.415. The summed E-state index contributed by atoms with van der Waals surface area (Å²) >= 11 is 0. The lowest BCUT2D eigenvalue weighted by molar-refractivity contribution is -0.137. The maximum atomic E-state index is 13.0. The average Bonchev–Trinajstić information content (AvgIpc) is 3.12. The molecule has 0 fully saturated rings. The van der Waals surface area contributed by atoms with Gasteiger partial charge in [0.25, 0.3) is 5.91 Å². The second kappa shape index (κ2) is 7.92. The number of halogens is 3. The van der Waals surface area contributed by atoms with E-state index in [1.54, 1.807) is 24.3 Å². The van der Waals surface area contributed by atoms with Crippen LogP contribution in [0.4, 0.5) is 18.9 Å². The van der Waals surface area contributed by atoms with Gasteiger partial charge < -0.3 is 20.1 Å². The first-order chi connectivity index (χ1) is 13.4. The van der Waals surface area contributed by atoms with Gasteiger partial charge >= 0.3 is 6.18 Å². The highest BCUT2D eigenvalue weighted by Gasteiger charge is 2.33. The van der Waals surface area contributed by atoms with Crippen molar-refractivity contribution in [3.63, 3.8) is 0 Å². The van der Waals surface area contributed by atoms with E-state index in [1.807, 2.05) is 0 Å². The molecular weight excluding hydrogens is 375 g/mol. The Morgan fingerprint density at radius 2 is 1.93 bits per heavy atom. The number of nitriles is 1. The molecule has 144 valence electrons. The van der Waals surface area contributed by atoms with Crippen LogP contribution in [0.15, 0.2) is 54.2 Å². The number of hydrogen-bond acceptors (Lipinski definition) is 5. The summed E-state index contributed by atoms with van der Waals surface area (Å²) in [4.78, 5) is 12.2. The van der Waals surface area contributed by atoms with Crippen molar-refractivity contribution in [1.82, 2.24) is 5.32 Å². The number of amides is 1. The van der Waals surface area contributed by atoms with Gasteiger partial charge in [0, 0.05) is 12.7 Å². The monoisotopic (exact) mass is 389 g/mol. The standard InChI is InChI=1S/C19H14F3N3O3/c20-19(21,22)14-3-1-2-4-15(14)25-18(26)13(8-23)10-24-9-12-5-6-16-17(7-12)28-11-27-16/h1-7,10,24H,9,11H2,(H,25,26)/b13-10-. The van der Waals surface area contributed by atoms with Gasteiger partial charge in [0.2, 0.25) is 6.79 Å². The number of ether oxygens (including phenoxy) is 2. The molecule has 1 aliphatic rings. The van der Waals surface area contributed by atoms with Crippen LogP contribution in [-0.4, -0.2) is 12.7 Å². The van der Waals surface area contributed by atoms with Crippen molar-refractivity contribution >= 4 is 11.6 Å². The van der Waals surface area contributed by atoms with Crippen molar-refractivity contribution in [2.75, 3.05) is 12.1 Å². The lowest BCUT2D eigenvalue weighted by Gasteiger charge is -2.13. The first kappa shape index (κ1) is 19.1. The van der Waals surface area contributed by atoms with Gasteiger partial charge in [-0.2, -0.15) is 18.4 Å². The molecule has 0 bridgehead atoms. The first-order valence-electron chi connectivity index (χ1n) is 8.08. The fourth-order valence-corrected chi connectivity index (χ4v) is 2.50. The van der Waals surface area contributed by atoms with Crippen LogP contribution in [0, 0.1) is 11.3 Å². The third kappa shape index (κ3) is 4.35. The van der Waals surface area contributed by atoms with Gasteiger partial charge in [0.1, 0.15) is 11.6 Å². The Morgan fingerprint density at radius 3 is 2.68 bits per heavy atom. The zero-order chi connectivity index (χ0) is 20.1. The largest absolute Gasteiger partial charge is 0.454 e. The number of carbonyl (C=O) groups is 1. The minimum Gasteiger partial charge on any atom is -0.454 e. The van der Waals surface area contributed by atoms with Gasteiger partial charge in [-0.3, -0.25) is 4.79 Å². The molecule has 6 nitrogen and oxygen atoms in total.